The van der Waals surface area contributed by atoms with Crippen molar-refractivity contribution >= 4 is 29.6 Å². The molecule has 11 heteroatoms. The molecular formula is C19H27N5O6. The summed E-state index contributed by atoms with van der Waals surface area (Å²) in [6, 6.07) is 4.29. The number of rotatable bonds is 11. The number of amides is 4. The third kappa shape index (κ3) is 8.27. The molecule has 11 nitrogen and oxygen atoms in total. The molecule has 0 aromatic heterocycles. The fourth-order valence-electron chi connectivity index (χ4n) is 2.43. The molecule has 0 radical (unpaired) electrons. The topological polar surface area (TPSA) is 194 Å². The molecule has 0 aliphatic rings. The lowest BCUT2D eigenvalue weighted by Crippen LogP contribution is -2.56. The molecule has 30 heavy (non-hydrogen) atoms. The van der Waals surface area contributed by atoms with Crippen LogP contribution < -0.4 is 27.4 Å². The first kappa shape index (κ1) is 24.6. The van der Waals surface area contributed by atoms with Crippen LogP contribution in [0.4, 0.5) is 0 Å². The third-order valence-electron chi connectivity index (χ3n) is 4.15. The van der Waals surface area contributed by atoms with Crippen molar-refractivity contribution in [2.75, 3.05) is 0 Å². The Labute approximate surface area is 173 Å². The van der Waals surface area contributed by atoms with Crippen molar-refractivity contribution in [1.82, 2.24) is 16.0 Å². The van der Waals surface area contributed by atoms with Crippen molar-refractivity contribution < 1.29 is 29.1 Å². The van der Waals surface area contributed by atoms with Crippen LogP contribution in [0.25, 0.3) is 0 Å². The molecule has 1 aromatic rings. The molecule has 0 saturated carbocycles. The van der Waals surface area contributed by atoms with Gasteiger partial charge in [-0.15, -0.1) is 0 Å². The van der Waals surface area contributed by atoms with Crippen LogP contribution in [0.1, 0.15) is 25.8 Å². The minimum Gasteiger partial charge on any atom is -0.480 e. The molecule has 0 saturated heterocycles. The van der Waals surface area contributed by atoms with Crippen LogP contribution in [-0.2, 0) is 30.4 Å². The van der Waals surface area contributed by atoms with E-state index in [0.29, 0.717) is 0 Å². The maximum Gasteiger partial charge on any atom is 0.325 e. The van der Waals surface area contributed by atoms with Crippen LogP contribution in [0.15, 0.2) is 30.3 Å². The van der Waals surface area contributed by atoms with Gasteiger partial charge in [-0.25, -0.2) is 0 Å². The SMILES string of the molecule is CC(NC(=O)C(C)NC(=O)C(Cc1ccccc1)NC(=O)C(N)CC(N)=O)C(=O)O. The van der Waals surface area contributed by atoms with E-state index in [4.69, 9.17) is 16.6 Å². The summed E-state index contributed by atoms with van der Waals surface area (Å²) < 4.78 is 0. The van der Waals surface area contributed by atoms with E-state index in [9.17, 15) is 24.0 Å². The molecule has 4 unspecified atom stereocenters. The number of hydrogen-bond acceptors (Lipinski definition) is 6. The second kappa shape index (κ2) is 11.5. The number of carbonyl (C=O) groups is 5. The number of benzene rings is 1. The van der Waals surface area contributed by atoms with Gasteiger partial charge >= 0.3 is 5.97 Å². The smallest absolute Gasteiger partial charge is 0.325 e. The Morgan fingerprint density at radius 1 is 0.900 bits per heavy atom. The molecule has 0 bridgehead atoms. The maximum atomic E-state index is 12.7. The van der Waals surface area contributed by atoms with Crippen LogP contribution in [0.5, 0.6) is 0 Å². The summed E-state index contributed by atoms with van der Waals surface area (Å²) in [6.07, 6.45) is -0.293. The van der Waals surface area contributed by atoms with E-state index in [2.05, 4.69) is 16.0 Å². The Morgan fingerprint density at radius 3 is 2.00 bits per heavy atom. The van der Waals surface area contributed by atoms with Gasteiger partial charge in [0.05, 0.1) is 12.5 Å². The number of nitrogens with one attached hydrogen (secondary N) is 3. The predicted octanol–water partition coefficient (Wildman–Crippen LogP) is -1.99. The second-order valence-corrected chi connectivity index (χ2v) is 6.83. The Hall–Kier alpha value is -3.47. The number of carbonyl (C=O) groups excluding carboxylic acids is 4. The predicted molar refractivity (Wildman–Crippen MR) is 107 cm³/mol. The second-order valence-electron chi connectivity index (χ2n) is 6.83. The quantitative estimate of drug-likeness (QED) is 0.238. The van der Waals surface area contributed by atoms with Gasteiger partial charge in [0.1, 0.15) is 18.1 Å². The Morgan fingerprint density at radius 2 is 1.47 bits per heavy atom. The van der Waals surface area contributed by atoms with E-state index in [1.54, 1.807) is 30.3 Å². The molecule has 0 fully saturated rings. The highest BCUT2D eigenvalue weighted by molar-refractivity contribution is 5.94. The number of carboxylic acids is 1. The average Bonchev–Trinajstić information content (AvgIpc) is 2.67. The lowest BCUT2D eigenvalue weighted by atomic mass is 10.0. The monoisotopic (exact) mass is 421 g/mol. The fraction of sp³-hybridized carbons (Fsp3) is 0.421. The van der Waals surface area contributed by atoms with Gasteiger partial charge in [-0.3, -0.25) is 24.0 Å². The van der Waals surface area contributed by atoms with Crippen molar-refractivity contribution in [1.29, 1.82) is 0 Å². The molecule has 0 spiro atoms. The summed E-state index contributed by atoms with van der Waals surface area (Å²) in [5.74, 6) is -4.11. The van der Waals surface area contributed by atoms with Gasteiger partial charge in [0.25, 0.3) is 0 Å². The summed E-state index contributed by atoms with van der Waals surface area (Å²) in [4.78, 5) is 58.9. The van der Waals surface area contributed by atoms with E-state index in [1.807, 2.05) is 0 Å². The van der Waals surface area contributed by atoms with Crippen molar-refractivity contribution in [3.8, 4) is 0 Å². The van der Waals surface area contributed by atoms with Gasteiger partial charge in [0.2, 0.25) is 23.6 Å². The zero-order chi connectivity index (χ0) is 22.8. The lowest BCUT2D eigenvalue weighted by Gasteiger charge is -2.23. The molecule has 0 aliphatic carbocycles. The number of hydrogen-bond donors (Lipinski definition) is 6. The minimum absolute atomic E-state index is 0.0988. The number of carboxylic acid groups (broad SMARTS) is 1. The largest absolute Gasteiger partial charge is 0.480 e. The molecular weight excluding hydrogens is 394 g/mol. The van der Waals surface area contributed by atoms with Crippen LogP contribution in [0.2, 0.25) is 0 Å². The maximum absolute atomic E-state index is 12.7. The van der Waals surface area contributed by atoms with Gasteiger partial charge in [-0.1, -0.05) is 30.3 Å². The molecule has 164 valence electrons. The molecule has 8 N–H and O–H groups in total. The van der Waals surface area contributed by atoms with Crippen LogP contribution >= 0.6 is 0 Å². The molecule has 1 aromatic carbocycles. The molecule has 1 rings (SSSR count). The summed E-state index contributed by atoms with van der Waals surface area (Å²) in [5.41, 5.74) is 11.4. The Bertz CT molecular complexity index is 785. The van der Waals surface area contributed by atoms with Crippen molar-refractivity contribution in [2.45, 2.75) is 50.9 Å². The van der Waals surface area contributed by atoms with Gasteiger partial charge in [0.15, 0.2) is 0 Å². The standard InChI is InChI=1S/C19H27N5O6/c1-10(16(26)23-11(2)19(29)30)22-18(28)14(8-12-6-4-3-5-7-12)24-17(27)13(20)9-15(21)25/h3-7,10-11,13-14H,8-9,20H2,1-2H3,(H2,21,25)(H,22,28)(H,23,26)(H,24,27)(H,29,30). The van der Waals surface area contributed by atoms with Crippen LogP contribution in [0, 0.1) is 0 Å². The van der Waals surface area contributed by atoms with E-state index in [1.165, 1.54) is 13.8 Å². The fourth-order valence-corrected chi connectivity index (χ4v) is 2.43. The van der Waals surface area contributed by atoms with Crippen molar-refractivity contribution in [2.24, 2.45) is 11.5 Å². The molecule has 0 heterocycles. The lowest BCUT2D eigenvalue weighted by molar-refractivity contribution is -0.141. The van der Waals surface area contributed by atoms with Crippen LogP contribution in [-0.4, -0.2) is 58.9 Å². The summed E-state index contributed by atoms with van der Waals surface area (Å²) in [5, 5.41) is 16.0. The van der Waals surface area contributed by atoms with Gasteiger partial charge in [0, 0.05) is 6.42 Å². The first-order chi connectivity index (χ1) is 14.0. The van der Waals surface area contributed by atoms with Crippen LogP contribution in [0.3, 0.4) is 0 Å². The summed E-state index contributed by atoms with van der Waals surface area (Å²) in [6.45, 7) is 2.66. The summed E-state index contributed by atoms with van der Waals surface area (Å²) in [7, 11) is 0. The molecule has 0 aliphatic heterocycles. The number of primary amides is 1. The number of nitrogens with two attached hydrogens (primary N) is 2. The zero-order valence-corrected chi connectivity index (χ0v) is 16.8. The van der Waals surface area contributed by atoms with Gasteiger partial charge < -0.3 is 32.5 Å². The molecule has 4 amide bonds. The highest BCUT2D eigenvalue weighted by Gasteiger charge is 2.28. The van der Waals surface area contributed by atoms with Gasteiger partial charge in [-0.2, -0.15) is 0 Å². The van der Waals surface area contributed by atoms with E-state index in [0.717, 1.165) is 5.56 Å². The summed E-state index contributed by atoms with van der Waals surface area (Å²) >= 11 is 0. The minimum atomic E-state index is -1.23. The normalized spacial score (nSPS) is 14.5. The average molecular weight is 421 g/mol. The van der Waals surface area contributed by atoms with Crippen molar-refractivity contribution in [3.05, 3.63) is 35.9 Å². The van der Waals surface area contributed by atoms with E-state index < -0.39 is 60.2 Å². The molecule has 4 atom stereocenters. The van der Waals surface area contributed by atoms with E-state index >= 15 is 0 Å². The van der Waals surface area contributed by atoms with Gasteiger partial charge in [-0.05, 0) is 19.4 Å². The van der Waals surface area contributed by atoms with Crippen molar-refractivity contribution in [3.63, 3.8) is 0 Å². The highest BCUT2D eigenvalue weighted by atomic mass is 16.4. The number of aliphatic carboxylic acids is 1. The Balaban J connectivity index is 2.87. The third-order valence-corrected chi connectivity index (χ3v) is 4.15. The highest BCUT2D eigenvalue weighted by Crippen LogP contribution is 2.05. The van der Waals surface area contributed by atoms with E-state index in [-0.39, 0.29) is 6.42 Å². The first-order valence-electron chi connectivity index (χ1n) is 9.23. The Kier molecular flexibility index (Phi) is 9.43. The zero-order valence-electron chi connectivity index (χ0n) is 16.8. The first-order valence-corrected chi connectivity index (χ1v) is 9.23.